The van der Waals surface area contributed by atoms with Crippen molar-refractivity contribution in [3.05, 3.63) is 28.3 Å². The zero-order valence-electron chi connectivity index (χ0n) is 9.17. The number of para-hydroxylation sites is 1. The van der Waals surface area contributed by atoms with E-state index in [4.69, 9.17) is 5.84 Å². The average molecular weight is 238 g/mol. The predicted octanol–water partition coefficient (Wildman–Crippen LogP) is 0.451. The quantitative estimate of drug-likeness (QED) is 0.401. The number of hydrogen-bond acceptors (Lipinski definition) is 6. The molecule has 0 spiro atoms. The zero-order valence-corrected chi connectivity index (χ0v) is 9.17. The van der Waals surface area contributed by atoms with Crippen LogP contribution in [0.5, 0.6) is 0 Å². The number of nitrogens with one attached hydrogen (secondary N) is 1. The second kappa shape index (κ2) is 4.56. The number of nitrogens with two attached hydrogens (primary N) is 1. The first-order chi connectivity index (χ1) is 8.13. The molecule has 92 valence electrons. The van der Waals surface area contributed by atoms with Gasteiger partial charge >= 0.3 is 5.69 Å². The first-order valence-corrected chi connectivity index (χ1v) is 5.30. The van der Waals surface area contributed by atoms with E-state index in [-0.39, 0.29) is 11.4 Å². The summed E-state index contributed by atoms with van der Waals surface area (Å²) in [5.41, 5.74) is 3.03. The molecule has 1 fully saturated rings. The van der Waals surface area contributed by atoms with Gasteiger partial charge in [-0.25, -0.2) is 0 Å². The van der Waals surface area contributed by atoms with Crippen LogP contribution in [0.15, 0.2) is 18.2 Å². The summed E-state index contributed by atoms with van der Waals surface area (Å²) in [7, 11) is 0. The molecule has 1 aliphatic heterocycles. The lowest BCUT2D eigenvalue weighted by Gasteiger charge is -2.18. The minimum Gasteiger partial charge on any atom is -0.391 e. The van der Waals surface area contributed by atoms with Gasteiger partial charge in [-0.05, 0) is 18.6 Å². The van der Waals surface area contributed by atoms with E-state index in [1.54, 1.807) is 23.1 Å². The Hall–Kier alpha value is -1.86. The fourth-order valence-corrected chi connectivity index (χ4v) is 2.06. The minimum absolute atomic E-state index is 0.0518. The molecule has 4 N–H and O–H groups in total. The summed E-state index contributed by atoms with van der Waals surface area (Å²) in [5, 5.41) is 20.5. The van der Waals surface area contributed by atoms with E-state index < -0.39 is 11.0 Å². The van der Waals surface area contributed by atoms with Gasteiger partial charge in [-0.2, -0.15) is 0 Å². The van der Waals surface area contributed by atoms with Crippen LogP contribution in [-0.4, -0.2) is 29.2 Å². The molecule has 0 aromatic heterocycles. The van der Waals surface area contributed by atoms with Crippen LogP contribution in [0.2, 0.25) is 0 Å². The Kier molecular flexibility index (Phi) is 3.12. The van der Waals surface area contributed by atoms with Crippen LogP contribution in [0.1, 0.15) is 6.42 Å². The number of rotatable bonds is 3. The van der Waals surface area contributed by atoms with Gasteiger partial charge in [-0.15, -0.1) is 0 Å². The summed E-state index contributed by atoms with van der Waals surface area (Å²) in [6.45, 7) is 1.02. The Balaban J connectivity index is 2.42. The third-order valence-electron chi connectivity index (χ3n) is 2.86. The van der Waals surface area contributed by atoms with Crippen LogP contribution in [0, 0.1) is 10.1 Å². The number of nitro groups is 1. The standard InChI is InChI=1S/C10H14N4O3/c11-12-8-2-1-3-9(10(8)14(16)17)13-5-4-7(15)6-13/h1-3,7,12,15H,4-6,11H2. The Morgan fingerprint density at radius 2 is 2.35 bits per heavy atom. The van der Waals surface area contributed by atoms with Gasteiger partial charge in [0.1, 0.15) is 11.4 Å². The van der Waals surface area contributed by atoms with Crippen LogP contribution >= 0.6 is 0 Å². The number of aliphatic hydroxyl groups is 1. The first-order valence-electron chi connectivity index (χ1n) is 5.30. The monoisotopic (exact) mass is 238 g/mol. The predicted molar refractivity (Wildman–Crippen MR) is 63.7 cm³/mol. The van der Waals surface area contributed by atoms with Crippen LogP contribution < -0.4 is 16.2 Å². The number of hydrazine groups is 1. The highest BCUT2D eigenvalue weighted by Crippen LogP contribution is 2.36. The van der Waals surface area contributed by atoms with E-state index >= 15 is 0 Å². The lowest BCUT2D eigenvalue weighted by molar-refractivity contribution is -0.383. The molecule has 0 bridgehead atoms. The van der Waals surface area contributed by atoms with Crippen molar-refractivity contribution >= 4 is 17.1 Å². The zero-order chi connectivity index (χ0) is 12.4. The molecule has 0 aliphatic carbocycles. The number of aliphatic hydroxyl groups excluding tert-OH is 1. The highest BCUT2D eigenvalue weighted by Gasteiger charge is 2.28. The molecule has 7 heteroatoms. The van der Waals surface area contributed by atoms with Crippen LogP contribution in [0.4, 0.5) is 17.1 Å². The van der Waals surface area contributed by atoms with E-state index in [0.717, 1.165) is 0 Å². The number of nitro benzene ring substituents is 1. The lowest BCUT2D eigenvalue weighted by Crippen LogP contribution is -2.22. The number of benzene rings is 1. The fraction of sp³-hybridized carbons (Fsp3) is 0.400. The van der Waals surface area contributed by atoms with Crippen molar-refractivity contribution in [2.75, 3.05) is 23.4 Å². The molecule has 1 aromatic carbocycles. The van der Waals surface area contributed by atoms with Gasteiger partial charge in [0.15, 0.2) is 0 Å². The van der Waals surface area contributed by atoms with Gasteiger partial charge < -0.3 is 15.4 Å². The molecular weight excluding hydrogens is 224 g/mol. The van der Waals surface area contributed by atoms with Crippen LogP contribution in [0.25, 0.3) is 0 Å². The summed E-state index contributed by atoms with van der Waals surface area (Å²) in [6, 6.07) is 4.91. The van der Waals surface area contributed by atoms with Crippen molar-refractivity contribution in [3.63, 3.8) is 0 Å². The van der Waals surface area contributed by atoms with Crippen molar-refractivity contribution in [2.45, 2.75) is 12.5 Å². The molecule has 1 atom stereocenters. The number of nitrogen functional groups attached to an aromatic ring is 1. The molecule has 1 saturated heterocycles. The van der Waals surface area contributed by atoms with Gasteiger partial charge in [0, 0.05) is 13.1 Å². The second-order valence-corrected chi connectivity index (χ2v) is 3.96. The van der Waals surface area contributed by atoms with Crippen LogP contribution in [-0.2, 0) is 0 Å². The van der Waals surface area contributed by atoms with Gasteiger partial charge in [0.05, 0.1) is 11.0 Å². The van der Waals surface area contributed by atoms with E-state index in [1.165, 1.54) is 0 Å². The smallest absolute Gasteiger partial charge is 0.316 e. The molecule has 7 nitrogen and oxygen atoms in total. The molecule has 0 amide bonds. The van der Waals surface area contributed by atoms with Crippen molar-refractivity contribution in [1.29, 1.82) is 0 Å². The van der Waals surface area contributed by atoms with E-state index in [9.17, 15) is 15.2 Å². The second-order valence-electron chi connectivity index (χ2n) is 3.96. The van der Waals surface area contributed by atoms with E-state index in [1.807, 2.05) is 0 Å². The third-order valence-corrected chi connectivity index (χ3v) is 2.86. The number of hydrogen-bond donors (Lipinski definition) is 3. The summed E-state index contributed by atoms with van der Waals surface area (Å²) in [6.07, 6.45) is 0.196. The van der Waals surface area contributed by atoms with Gasteiger partial charge in [-0.3, -0.25) is 16.0 Å². The third kappa shape index (κ3) is 2.15. The number of β-amino-alcohol motifs (C(OH)–C–C–N with tert-alkyl or cyclic N) is 1. The lowest BCUT2D eigenvalue weighted by atomic mass is 10.2. The maximum absolute atomic E-state index is 11.1. The SMILES string of the molecule is NNc1cccc(N2CCC(O)C2)c1[N+](=O)[O-]. The van der Waals surface area contributed by atoms with Gasteiger partial charge in [-0.1, -0.05) is 6.07 Å². The normalized spacial score (nSPS) is 19.4. The Labute approximate surface area is 98.0 Å². The summed E-state index contributed by atoms with van der Waals surface area (Å²) < 4.78 is 0. The maximum Gasteiger partial charge on any atom is 0.316 e. The van der Waals surface area contributed by atoms with Crippen molar-refractivity contribution in [2.24, 2.45) is 5.84 Å². The highest BCUT2D eigenvalue weighted by atomic mass is 16.6. The first kappa shape index (κ1) is 11.6. The molecular formula is C10H14N4O3. The Morgan fingerprint density at radius 3 is 2.88 bits per heavy atom. The topological polar surface area (TPSA) is 105 Å². The molecule has 1 aliphatic rings. The molecule has 1 aromatic rings. The summed E-state index contributed by atoms with van der Waals surface area (Å²) >= 11 is 0. The van der Waals surface area contributed by atoms with Crippen molar-refractivity contribution in [3.8, 4) is 0 Å². The largest absolute Gasteiger partial charge is 0.391 e. The molecule has 1 heterocycles. The van der Waals surface area contributed by atoms with E-state index in [2.05, 4.69) is 5.43 Å². The fourth-order valence-electron chi connectivity index (χ4n) is 2.06. The van der Waals surface area contributed by atoms with Crippen molar-refractivity contribution < 1.29 is 10.0 Å². The van der Waals surface area contributed by atoms with Gasteiger partial charge in [0.25, 0.3) is 0 Å². The minimum atomic E-state index is -0.463. The van der Waals surface area contributed by atoms with Crippen molar-refractivity contribution in [1.82, 2.24) is 0 Å². The van der Waals surface area contributed by atoms with Gasteiger partial charge in [0.2, 0.25) is 0 Å². The highest BCUT2D eigenvalue weighted by molar-refractivity contribution is 5.77. The Bertz CT molecular complexity index is 438. The van der Waals surface area contributed by atoms with Crippen LogP contribution in [0.3, 0.4) is 0 Å². The molecule has 0 radical (unpaired) electrons. The number of anilines is 2. The van der Waals surface area contributed by atoms with E-state index in [0.29, 0.717) is 25.2 Å². The Morgan fingerprint density at radius 1 is 1.59 bits per heavy atom. The molecule has 1 unspecified atom stereocenters. The summed E-state index contributed by atoms with van der Waals surface area (Å²) in [5.74, 6) is 5.26. The number of nitrogens with zero attached hydrogens (tertiary/aromatic N) is 2. The maximum atomic E-state index is 11.1. The molecule has 0 saturated carbocycles. The summed E-state index contributed by atoms with van der Waals surface area (Å²) in [4.78, 5) is 12.4. The molecule has 17 heavy (non-hydrogen) atoms. The molecule has 2 rings (SSSR count). The average Bonchev–Trinajstić information content (AvgIpc) is 2.74.